The van der Waals surface area contributed by atoms with E-state index in [0.29, 0.717) is 36.6 Å². The minimum atomic E-state index is -0.585. The zero-order valence-electron chi connectivity index (χ0n) is 12.2. The van der Waals surface area contributed by atoms with E-state index in [1.807, 2.05) is 13.0 Å². The summed E-state index contributed by atoms with van der Waals surface area (Å²) < 4.78 is 7.24. The number of ether oxygens (including phenoxy) is 1. The van der Waals surface area contributed by atoms with E-state index >= 15 is 0 Å². The van der Waals surface area contributed by atoms with Gasteiger partial charge in [-0.1, -0.05) is 24.3 Å². The van der Waals surface area contributed by atoms with Crippen molar-refractivity contribution in [2.45, 2.75) is 32.9 Å². The fourth-order valence-corrected chi connectivity index (χ4v) is 1.92. The second kappa shape index (κ2) is 6.99. The van der Waals surface area contributed by atoms with Gasteiger partial charge in [-0.15, -0.1) is 5.10 Å². The molecular weight excluding hydrogens is 270 g/mol. The van der Waals surface area contributed by atoms with Crippen LogP contribution in [0.4, 0.5) is 0 Å². The molecule has 1 unspecified atom stereocenters. The van der Waals surface area contributed by atoms with Crippen LogP contribution in [0.25, 0.3) is 0 Å². The Bertz CT molecular complexity index is 610. The predicted octanol–water partition coefficient (Wildman–Crippen LogP) is 2.00. The summed E-state index contributed by atoms with van der Waals surface area (Å²) in [5, 5.41) is 17.5. The van der Waals surface area contributed by atoms with E-state index in [9.17, 15) is 9.90 Å². The largest absolute Gasteiger partial charge is 0.491 e. The van der Waals surface area contributed by atoms with Crippen molar-refractivity contribution in [3.8, 4) is 5.75 Å². The van der Waals surface area contributed by atoms with Crippen LogP contribution in [0.15, 0.2) is 30.5 Å². The number of nitrogens with zero attached hydrogens (tertiary/aromatic N) is 3. The molecule has 1 atom stereocenters. The number of para-hydroxylation sites is 1. The Kier molecular flexibility index (Phi) is 5.05. The van der Waals surface area contributed by atoms with Gasteiger partial charge in [0, 0.05) is 0 Å². The van der Waals surface area contributed by atoms with E-state index < -0.39 is 6.10 Å². The Hall–Kier alpha value is -2.21. The molecule has 0 spiro atoms. The summed E-state index contributed by atoms with van der Waals surface area (Å²) in [6.45, 7) is 4.26. The Balaban J connectivity index is 1.93. The number of aromatic nitrogens is 3. The highest BCUT2D eigenvalue weighted by atomic mass is 16.5. The van der Waals surface area contributed by atoms with E-state index in [1.165, 1.54) is 6.92 Å². The Labute approximate surface area is 123 Å². The lowest BCUT2D eigenvalue weighted by Crippen LogP contribution is -2.10. The van der Waals surface area contributed by atoms with Crippen LogP contribution in [0, 0.1) is 0 Å². The van der Waals surface area contributed by atoms with E-state index in [2.05, 4.69) is 10.3 Å². The number of ketones is 1. The van der Waals surface area contributed by atoms with Crippen molar-refractivity contribution in [3.63, 3.8) is 0 Å². The molecule has 6 heteroatoms. The third-order valence-corrected chi connectivity index (χ3v) is 3.13. The van der Waals surface area contributed by atoms with Crippen molar-refractivity contribution in [3.05, 3.63) is 41.7 Å². The topological polar surface area (TPSA) is 77.2 Å². The normalized spacial score (nSPS) is 12.1. The molecule has 2 rings (SSSR count). The number of carbonyl (C=O) groups excluding carboxylic acids is 1. The van der Waals surface area contributed by atoms with Crippen molar-refractivity contribution in [1.29, 1.82) is 0 Å². The highest BCUT2D eigenvalue weighted by Gasteiger charge is 2.10. The first-order valence-electron chi connectivity index (χ1n) is 6.92. The van der Waals surface area contributed by atoms with Crippen molar-refractivity contribution in [1.82, 2.24) is 15.0 Å². The second-order valence-corrected chi connectivity index (χ2v) is 4.73. The minimum Gasteiger partial charge on any atom is -0.491 e. The number of hydrogen-bond acceptors (Lipinski definition) is 5. The minimum absolute atomic E-state index is 0.0280. The third-order valence-electron chi connectivity index (χ3n) is 3.13. The maximum Gasteiger partial charge on any atom is 0.163 e. The summed E-state index contributed by atoms with van der Waals surface area (Å²) in [4.78, 5) is 11.5. The third kappa shape index (κ3) is 3.88. The van der Waals surface area contributed by atoms with Gasteiger partial charge in [0.05, 0.1) is 24.4 Å². The quantitative estimate of drug-likeness (QED) is 0.789. The fourth-order valence-electron chi connectivity index (χ4n) is 1.92. The summed E-state index contributed by atoms with van der Waals surface area (Å²) in [5.74, 6) is 0.540. The van der Waals surface area contributed by atoms with E-state index in [4.69, 9.17) is 4.74 Å². The van der Waals surface area contributed by atoms with Crippen LogP contribution in [0.3, 0.4) is 0 Å². The lowest BCUT2D eigenvalue weighted by molar-refractivity contribution is 0.101. The van der Waals surface area contributed by atoms with Gasteiger partial charge >= 0.3 is 0 Å². The number of carbonyl (C=O) groups is 1. The number of benzene rings is 1. The maximum atomic E-state index is 11.5. The molecule has 1 aromatic heterocycles. The van der Waals surface area contributed by atoms with Gasteiger partial charge in [0.15, 0.2) is 5.78 Å². The first-order valence-corrected chi connectivity index (χ1v) is 6.92. The zero-order valence-corrected chi connectivity index (χ0v) is 12.2. The Morgan fingerprint density at radius 3 is 2.90 bits per heavy atom. The van der Waals surface area contributed by atoms with Crippen LogP contribution < -0.4 is 4.74 Å². The molecule has 0 saturated heterocycles. The van der Waals surface area contributed by atoms with Crippen molar-refractivity contribution in [2.24, 2.45) is 0 Å². The van der Waals surface area contributed by atoms with Crippen LogP contribution in [-0.2, 0) is 6.54 Å². The molecule has 0 saturated carbocycles. The molecule has 0 aliphatic rings. The average molecular weight is 289 g/mol. The van der Waals surface area contributed by atoms with Gasteiger partial charge in [0.1, 0.15) is 18.1 Å². The molecule has 6 nitrogen and oxygen atoms in total. The van der Waals surface area contributed by atoms with Gasteiger partial charge in [0.2, 0.25) is 0 Å². The fraction of sp³-hybridized carbons (Fsp3) is 0.400. The first kappa shape index (κ1) is 15.2. The summed E-state index contributed by atoms with van der Waals surface area (Å²) in [5.41, 5.74) is 1.12. The molecule has 0 radical (unpaired) electrons. The molecule has 1 N–H and O–H groups in total. The summed E-state index contributed by atoms with van der Waals surface area (Å²) in [6, 6.07) is 7.14. The molecule has 2 aromatic rings. The summed E-state index contributed by atoms with van der Waals surface area (Å²) >= 11 is 0. The Morgan fingerprint density at radius 1 is 1.43 bits per heavy atom. The summed E-state index contributed by atoms with van der Waals surface area (Å²) in [6.07, 6.45) is 1.72. The first-order chi connectivity index (χ1) is 10.1. The van der Waals surface area contributed by atoms with Gasteiger partial charge in [0.25, 0.3) is 0 Å². The van der Waals surface area contributed by atoms with Crippen molar-refractivity contribution in [2.75, 3.05) is 6.61 Å². The molecule has 1 heterocycles. The molecular formula is C15H19N3O3. The number of aliphatic hydroxyl groups excluding tert-OH is 1. The molecule has 0 fully saturated rings. The van der Waals surface area contributed by atoms with Gasteiger partial charge in [-0.25, -0.2) is 4.68 Å². The van der Waals surface area contributed by atoms with Gasteiger partial charge in [-0.2, -0.15) is 0 Å². The number of aliphatic hydroxyl groups is 1. The maximum absolute atomic E-state index is 11.5. The van der Waals surface area contributed by atoms with Crippen molar-refractivity contribution >= 4 is 5.78 Å². The zero-order chi connectivity index (χ0) is 15.2. The number of rotatable bonds is 7. The highest BCUT2D eigenvalue weighted by Crippen LogP contribution is 2.18. The average Bonchev–Trinajstić information content (AvgIpc) is 2.95. The molecule has 112 valence electrons. The molecule has 0 amide bonds. The molecule has 21 heavy (non-hydrogen) atoms. The van der Waals surface area contributed by atoms with Crippen LogP contribution in [0.1, 0.15) is 42.4 Å². The van der Waals surface area contributed by atoms with Crippen LogP contribution in [0.5, 0.6) is 5.75 Å². The lowest BCUT2D eigenvalue weighted by Gasteiger charge is -2.09. The highest BCUT2D eigenvalue weighted by molar-refractivity contribution is 5.96. The Morgan fingerprint density at radius 2 is 2.19 bits per heavy atom. The van der Waals surface area contributed by atoms with Crippen molar-refractivity contribution < 1.29 is 14.6 Å². The van der Waals surface area contributed by atoms with E-state index in [1.54, 1.807) is 29.1 Å². The van der Waals surface area contributed by atoms with Gasteiger partial charge < -0.3 is 9.84 Å². The van der Waals surface area contributed by atoms with Crippen LogP contribution in [0.2, 0.25) is 0 Å². The number of Topliss-reactive ketones (excluding diaryl/α,β-unsaturated/α-hetero) is 1. The molecule has 0 aliphatic heterocycles. The van der Waals surface area contributed by atoms with E-state index in [-0.39, 0.29) is 5.78 Å². The van der Waals surface area contributed by atoms with Gasteiger partial charge in [-0.3, -0.25) is 4.79 Å². The van der Waals surface area contributed by atoms with E-state index in [0.717, 1.165) is 0 Å². The van der Waals surface area contributed by atoms with Gasteiger partial charge in [-0.05, 0) is 25.5 Å². The smallest absolute Gasteiger partial charge is 0.163 e. The second-order valence-electron chi connectivity index (χ2n) is 4.73. The standard InChI is InChI=1S/C15H19N3O3/c1-3-14(20)13-10-18(17-16-13)8-9-21-15-7-5-4-6-12(15)11(2)19/h4-7,10,14,20H,3,8-9H2,1-2H3. The van der Waals surface area contributed by atoms with Crippen LogP contribution in [-0.4, -0.2) is 32.5 Å². The number of hydrogen-bond donors (Lipinski definition) is 1. The molecule has 0 bridgehead atoms. The SMILES string of the molecule is CCC(O)c1cn(CCOc2ccccc2C(C)=O)nn1. The monoisotopic (exact) mass is 289 g/mol. The molecule has 0 aliphatic carbocycles. The summed E-state index contributed by atoms with van der Waals surface area (Å²) in [7, 11) is 0. The molecule has 1 aromatic carbocycles. The lowest BCUT2D eigenvalue weighted by atomic mass is 10.1. The van der Waals surface area contributed by atoms with Crippen LogP contribution >= 0.6 is 0 Å². The predicted molar refractivity (Wildman–Crippen MR) is 77.2 cm³/mol.